The fourth-order valence-electron chi connectivity index (χ4n) is 3.45. The number of carbonyl (C=O) groups excluding carboxylic acids is 2. The van der Waals surface area contributed by atoms with Crippen LogP contribution in [0, 0.1) is 0 Å². The van der Waals surface area contributed by atoms with E-state index >= 15 is 0 Å². The van der Waals surface area contributed by atoms with Crippen molar-refractivity contribution in [2.24, 2.45) is 0 Å². The zero-order valence-corrected chi connectivity index (χ0v) is 17.9. The zero-order chi connectivity index (χ0) is 22.0. The number of benzene rings is 2. The minimum Gasteiger partial charge on any atom is -0.339 e. The molecule has 4 rings (SSSR count). The van der Waals surface area contributed by atoms with E-state index in [0.717, 1.165) is 5.69 Å². The van der Waals surface area contributed by atoms with Crippen molar-refractivity contribution in [2.75, 3.05) is 16.8 Å². The Kier molecular flexibility index (Phi) is 5.90. The van der Waals surface area contributed by atoms with Crippen molar-refractivity contribution in [1.29, 1.82) is 0 Å². The van der Waals surface area contributed by atoms with E-state index in [0.29, 0.717) is 34.5 Å². The number of urea groups is 1. The molecule has 1 atom stereocenters. The van der Waals surface area contributed by atoms with Crippen LogP contribution >= 0.6 is 11.6 Å². The van der Waals surface area contributed by atoms with Crippen molar-refractivity contribution in [3.63, 3.8) is 0 Å². The first kappa shape index (κ1) is 20.9. The quantitative estimate of drug-likeness (QED) is 0.612. The molecule has 9 heteroatoms. The molecule has 1 aliphatic rings. The van der Waals surface area contributed by atoms with Gasteiger partial charge < -0.3 is 20.1 Å². The number of halogens is 1. The number of nitrogens with zero attached hydrogens (tertiary/aromatic N) is 3. The number of aromatic nitrogens is 2. The highest BCUT2D eigenvalue weighted by molar-refractivity contribution is 6.30. The molecule has 0 spiro atoms. The maximum atomic E-state index is 12.5. The van der Waals surface area contributed by atoms with E-state index < -0.39 is 0 Å². The number of carbonyl (C=O) groups is 2. The fourth-order valence-corrected chi connectivity index (χ4v) is 3.63. The van der Waals surface area contributed by atoms with Gasteiger partial charge in [0.25, 0.3) is 0 Å². The average molecular weight is 440 g/mol. The molecule has 0 bridgehead atoms. The van der Waals surface area contributed by atoms with Gasteiger partial charge in [0.1, 0.15) is 0 Å². The summed E-state index contributed by atoms with van der Waals surface area (Å²) in [6.45, 7) is 4.22. The maximum Gasteiger partial charge on any atom is 0.319 e. The monoisotopic (exact) mass is 439 g/mol. The van der Waals surface area contributed by atoms with E-state index in [4.69, 9.17) is 16.1 Å². The lowest BCUT2D eigenvalue weighted by Crippen LogP contribution is -2.34. The van der Waals surface area contributed by atoms with E-state index in [9.17, 15) is 9.59 Å². The highest BCUT2D eigenvalue weighted by Gasteiger charge is 2.35. The predicted molar refractivity (Wildman–Crippen MR) is 118 cm³/mol. The number of hydrogen-bond donors (Lipinski definition) is 2. The lowest BCUT2D eigenvalue weighted by atomic mass is 10.1. The Morgan fingerprint density at radius 3 is 2.81 bits per heavy atom. The Bertz CT molecular complexity index is 1110. The number of anilines is 2. The van der Waals surface area contributed by atoms with Gasteiger partial charge in [-0.1, -0.05) is 35.0 Å². The Morgan fingerprint density at radius 2 is 2.03 bits per heavy atom. The standard InChI is InChI=1S/C22H22ClN5O3/c1-13(2)24-22(30)25-17-7-3-5-14(9-17)20-26-21(31-27-20)15-10-19(29)28(12-15)18-8-4-6-16(23)11-18/h3-9,11,13,15H,10,12H2,1-2H3,(H2,24,25,30)/t15-/m1/s1. The summed E-state index contributed by atoms with van der Waals surface area (Å²) in [6.07, 6.45) is 0.283. The first-order valence-electron chi connectivity index (χ1n) is 9.96. The number of hydrogen-bond acceptors (Lipinski definition) is 5. The van der Waals surface area contributed by atoms with Crippen LogP contribution in [0.25, 0.3) is 11.4 Å². The summed E-state index contributed by atoms with van der Waals surface area (Å²) in [5.74, 6) is 0.584. The van der Waals surface area contributed by atoms with Gasteiger partial charge in [-0.15, -0.1) is 0 Å². The molecule has 1 aliphatic heterocycles. The van der Waals surface area contributed by atoms with E-state index in [1.54, 1.807) is 35.2 Å². The van der Waals surface area contributed by atoms with E-state index in [1.807, 2.05) is 32.0 Å². The third-order valence-electron chi connectivity index (χ3n) is 4.83. The zero-order valence-electron chi connectivity index (χ0n) is 17.1. The van der Waals surface area contributed by atoms with Gasteiger partial charge in [-0.2, -0.15) is 4.98 Å². The number of nitrogens with one attached hydrogen (secondary N) is 2. The van der Waals surface area contributed by atoms with Crippen LogP contribution in [0.5, 0.6) is 0 Å². The van der Waals surface area contributed by atoms with Crippen LogP contribution < -0.4 is 15.5 Å². The van der Waals surface area contributed by atoms with Crippen LogP contribution in [-0.4, -0.2) is 34.7 Å². The molecule has 0 saturated carbocycles. The molecule has 1 fully saturated rings. The van der Waals surface area contributed by atoms with E-state index in [2.05, 4.69) is 20.8 Å². The highest BCUT2D eigenvalue weighted by atomic mass is 35.5. The van der Waals surface area contributed by atoms with Crippen molar-refractivity contribution in [2.45, 2.75) is 32.2 Å². The fraction of sp³-hybridized carbons (Fsp3) is 0.273. The first-order chi connectivity index (χ1) is 14.9. The topological polar surface area (TPSA) is 100 Å². The van der Waals surface area contributed by atoms with Gasteiger partial charge >= 0.3 is 6.03 Å². The van der Waals surface area contributed by atoms with Crippen molar-refractivity contribution < 1.29 is 14.1 Å². The highest BCUT2D eigenvalue weighted by Crippen LogP contribution is 2.33. The number of amides is 3. The molecule has 160 valence electrons. The van der Waals surface area contributed by atoms with Gasteiger partial charge in [0.05, 0.1) is 5.92 Å². The summed E-state index contributed by atoms with van der Waals surface area (Å²) in [4.78, 5) is 30.6. The normalized spacial score (nSPS) is 16.1. The first-order valence-corrected chi connectivity index (χ1v) is 10.3. The van der Waals surface area contributed by atoms with Crippen molar-refractivity contribution >= 4 is 34.9 Å². The number of rotatable bonds is 5. The molecule has 1 saturated heterocycles. The van der Waals surface area contributed by atoms with Gasteiger partial charge in [-0.3, -0.25) is 4.79 Å². The van der Waals surface area contributed by atoms with E-state index in [-0.39, 0.29) is 30.3 Å². The molecule has 0 aliphatic carbocycles. The Hall–Kier alpha value is -3.39. The molecule has 3 aromatic rings. The van der Waals surface area contributed by atoms with Crippen LogP contribution in [0.4, 0.5) is 16.2 Å². The second-order valence-corrected chi connectivity index (χ2v) is 8.11. The molecule has 8 nitrogen and oxygen atoms in total. The predicted octanol–water partition coefficient (Wildman–Crippen LogP) is 4.44. The van der Waals surface area contributed by atoms with Crippen molar-refractivity contribution in [1.82, 2.24) is 15.5 Å². The molecule has 0 radical (unpaired) electrons. The van der Waals surface area contributed by atoms with E-state index in [1.165, 1.54) is 0 Å². The summed E-state index contributed by atoms with van der Waals surface area (Å²) < 4.78 is 5.47. The molecule has 2 N–H and O–H groups in total. The summed E-state index contributed by atoms with van der Waals surface area (Å²) in [6, 6.07) is 14.1. The van der Waals surface area contributed by atoms with Gasteiger partial charge in [-0.25, -0.2) is 4.79 Å². The Morgan fingerprint density at radius 1 is 1.23 bits per heavy atom. The van der Waals surface area contributed by atoms with Crippen LogP contribution in [0.1, 0.15) is 32.1 Å². The van der Waals surface area contributed by atoms with Crippen LogP contribution in [0.3, 0.4) is 0 Å². The molecule has 2 aromatic carbocycles. The molecule has 0 unspecified atom stereocenters. The van der Waals surface area contributed by atoms with Crippen molar-refractivity contribution in [3.8, 4) is 11.4 Å². The second-order valence-electron chi connectivity index (χ2n) is 7.68. The minimum atomic E-state index is -0.286. The minimum absolute atomic E-state index is 0.0191. The third-order valence-corrected chi connectivity index (χ3v) is 5.07. The summed E-state index contributed by atoms with van der Waals surface area (Å²) >= 11 is 6.06. The molecule has 1 aromatic heterocycles. The molecule has 3 amide bonds. The smallest absolute Gasteiger partial charge is 0.319 e. The summed E-state index contributed by atoms with van der Waals surface area (Å²) in [5.41, 5.74) is 2.07. The van der Waals surface area contributed by atoms with Crippen LogP contribution in [0.2, 0.25) is 5.02 Å². The summed E-state index contributed by atoms with van der Waals surface area (Å²) in [5, 5.41) is 10.2. The largest absolute Gasteiger partial charge is 0.339 e. The Labute approximate surface area is 184 Å². The molecule has 31 heavy (non-hydrogen) atoms. The van der Waals surface area contributed by atoms with Crippen LogP contribution in [-0.2, 0) is 4.79 Å². The van der Waals surface area contributed by atoms with Gasteiger partial charge in [0, 0.05) is 41.0 Å². The van der Waals surface area contributed by atoms with Crippen molar-refractivity contribution in [3.05, 3.63) is 59.4 Å². The molecule has 2 heterocycles. The van der Waals surface area contributed by atoms with Gasteiger partial charge in [0.2, 0.25) is 17.6 Å². The summed E-state index contributed by atoms with van der Waals surface area (Å²) in [7, 11) is 0. The van der Waals surface area contributed by atoms with Gasteiger partial charge in [-0.05, 0) is 44.2 Å². The lowest BCUT2D eigenvalue weighted by Gasteiger charge is -2.16. The molecular formula is C22H22ClN5O3. The van der Waals surface area contributed by atoms with Crippen LogP contribution in [0.15, 0.2) is 53.1 Å². The maximum absolute atomic E-state index is 12.5. The van der Waals surface area contributed by atoms with Gasteiger partial charge in [0.15, 0.2) is 0 Å². The molecular weight excluding hydrogens is 418 g/mol. The second kappa shape index (κ2) is 8.77. The SMILES string of the molecule is CC(C)NC(=O)Nc1cccc(-c2noc([C@@H]3CC(=O)N(c4cccc(Cl)c4)C3)n2)c1. The third kappa shape index (κ3) is 4.86. The Balaban J connectivity index is 1.48. The average Bonchev–Trinajstić information content (AvgIpc) is 3.34. The lowest BCUT2D eigenvalue weighted by molar-refractivity contribution is -0.117.